The van der Waals surface area contributed by atoms with Crippen molar-refractivity contribution in [2.24, 2.45) is 0 Å². The maximum atomic E-state index is 12.1. The van der Waals surface area contributed by atoms with Crippen LogP contribution in [0.1, 0.15) is 25.0 Å². The quantitative estimate of drug-likeness (QED) is 0.816. The first-order chi connectivity index (χ1) is 10.1. The van der Waals surface area contributed by atoms with E-state index in [4.69, 9.17) is 0 Å². The first-order valence-corrected chi connectivity index (χ1v) is 7.22. The Morgan fingerprint density at radius 2 is 1.57 bits per heavy atom. The van der Waals surface area contributed by atoms with E-state index in [0.29, 0.717) is 6.54 Å². The summed E-state index contributed by atoms with van der Waals surface area (Å²) in [5, 5.41) is 0. The van der Waals surface area contributed by atoms with E-state index in [2.05, 4.69) is 37.3 Å². The van der Waals surface area contributed by atoms with Gasteiger partial charge in [0.05, 0.1) is 5.54 Å². The lowest BCUT2D eigenvalue weighted by atomic mass is 9.90. The van der Waals surface area contributed by atoms with Gasteiger partial charge in [0.15, 0.2) is 0 Å². The second kappa shape index (κ2) is 5.21. The normalized spacial score (nSPS) is 21.2. The van der Waals surface area contributed by atoms with Crippen molar-refractivity contribution in [2.75, 3.05) is 6.54 Å². The molecule has 21 heavy (non-hydrogen) atoms. The second-order valence-corrected chi connectivity index (χ2v) is 5.65. The fourth-order valence-corrected chi connectivity index (χ4v) is 3.08. The highest BCUT2D eigenvalue weighted by molar-refractivity contribution is 5.82. The minimum Gasteiger partial charge on any atom is -0.326 e. The number of rotatable bonds is 2. The maximum absolute atomic E-state index is 12.1. The van der Waals surface area contributed by atoms with E-state index in [1.807, 2.05) is 41.3 Å². The van der Waals surface area contributed by atoms with Gasteiger partial charge in [0.25, 0.3) is 0 Å². The highest BCUT2D eigenvalue weighted by Crippen LogP contribution is 2.39. The van der Waals surface area contributed by atoms with Crippen LogP contribution >= 0.6 is 0 Å². The van der Waals surface area contributed by atoms with E-state index in [9.17, 15) is 4.79 Å². The van der Waals surface area contributed by atoms with E-state index >= 15 is 0 Å². The van der Waals surface area contributed by atoms with E-state index in [0.717, 1.165) is 5.56 Å². The third kappa shape index (κ3) is 2.38. The number of carbonyl (C=O) groups excluding carboxylic acids is 1. The van der Waals surface area contributed by atoms with E-state index in [1.54, 1.807) is 6.92 Å². The Labute approximate surface area is 125 Å². The molecule has 0 saturated heterocycles. The van der Waals surface area contributed by atoms with Crippen LogP contribution in [0.4, 0.5) is 0 Å². The van der Waals surface area contributed by atoms with Gasteiger partial charge in [-0.15, -0.1) is 0 Å². The van der Waals surface area contributed by atoms with Gasteiger partial charge in [-0.2, -0.15) is 0 Å². The summed E-state index contributed by atoms with van der Waals surface area (Å²) in [6.07, 6.45) is 2.22. The Kier molecular flexibility index (Phi) is 3.38. The lowest BCUT2D eigenvalue weighted by molar-refractivity contribution is -0.131. The molecule has 1 atom stereocenters. The van der Waals surface area contributed by atoms with Gasteiger partial charge < -0.3 is 4.90 Å². The van der Waals surface area contributed by atoms with Gasteiger partial charge in [0.2, 0.25) is 5.91 Å². The summed E-state index contributed by atoms with van der Waals surface area (Å²) < 4.78 is 0. The summed E-state index contributed by atoms with van der Waals surface area (Å²) in [7, 11) is 0. The zero-order valence-electron chi connectivity index (χ0n) is 12.4. The van der Waals surface area contributed by atoms with Crippen LogP contribution in [0.5, 0.6) is 0 Å². The van der Waals surface area contributed by atoms with Crippen molar-refractivity contribution in [1.82, 2.24) is 4.90 Å². The van der Waals surface area contributed by atoms with E-state index in [1.165, 1.54) is 11.1 Å². The SMILES string of the molecule is CC(=O)N1CC(c2ccccc2)=CC1(C)c1ccccc1. The molecule has 0 bridgehead atoms. The van der Waals surface area contributed by atoms with Crippen LogP contribution in [0.3, 0.4) is 0 Å². The van der Waals surface area contributed by atoms with E-state index < -0.39 is 0 Å². The monoisotopic (exact) mass is 277 g/mol. The molecule has 2 aromatic rings. The zero-order valence-corrected chi connectivity index (χ0v) is 12.4. The highest BCUT2D eigenvalue weighted by Gasteiger charge is 2.39. The average Bonchev–Trinajstić information content (AvgIpc) is 2.89. The molecule has 1 amide bonds. The molecular formula is C19H19NO. The molecule has 1 unspecified atom stereocenters. The minimum atomic E-state index is -0.377. The maximum Gasteiger partial charge on any atom is 0.220 e. The van der Waals surface area contributed by atoms with Gasteiger partial charge in [0, 0.05) is 13.5 Å². The first kappa shape index (κ1) is 13.6. The topological polar surface area (TPSA) is 20.3 Å². The van der Waals surface area contributed by atoms with Crippen molar-refractivity contribution in [3.63, 3.8) is 0 Å². The van der Waals surface area contributed by atoms with Crippen LogP contribution in [-0.2, 0) is 10.3 Å². The van der Waals surface area contributed by atoms with Gasteiger partial charge >= 0.3 is 0 Å². The highest BCUT2D eigenvalue weighted by atomic mass is 16.2. The predicted octanol–water partition coefficient (Wildman–Crippen LogP) is 3.85. The third-order valence-corrected chi connectivity index (χ3v) is 4.23. The van der Waals surface area contributed by atoms with Crippen LogP contribution < -0.4 is 0 Å². The lowest BCUT2D eigenvalue weighted by Gasteiger charge is -2.34. The van der Waals surface area contributed by atoms with Crippen molar-refractivity contribution >= 4 is 11.5 Å². The van der Waals surface area contributed by atoms with Gasteiger partial charge in [-0.1, -0.05) is 60.7 Å². The molecule has 0 radical (unpaired) electrons. The molecule has 0 aliphatic carbocycles. The molecule has 2 nitrogen and oxygen atoms in total. The van der Waals surface area contributed by atoms with Crippen molar-refractivity contribution in [3.8, 4) is 0 Å². The molecule has 0 spiro atoms. The van der Waals surface area contributed by atoms with Crippen LogP contribution in [0.15, 0.2) is 66.7 Å². The minimum absolute atomic E-state index is 0.100. The van der Waals surface area contributed by atoms with Crippen molar-refractivity contribution in [3.05, 3.63) is 77.9 Å². The predicted molar refractivity (Wildman–Crippen MR) is 85.6 cm³/mol. The molecule has 0 aromatic heterocycles. The Morgan fingerprint density at radius 3 is 2.14 bits per heavy atom. The first-order valence-electron chi connectivity index (χ1n) is 7.22. The molecule has 1 aliphatic rings. The molecule has 0 N–H and O–H groups in total. The van der Waals surface area contributed by atoms with Crippen LogP contribution in [0.25, 0.3) is 5.57 Å². The fourth-order valence-electron chi connectivity index (χ4n) is 3.08. The van der Waals surface area contributed by atoms with E-state index in [-0.39, 0.29) is 11.4 Å². The molecule has 0 fully saturated rings. The molecule has 1 heterocycles. The second-order valence-electron chi connectivity index (χ2n) is 5.65. The number of carbonyl (C=O) groups is 1. The number of hydrogen-bond acceptors (Lipinski definition) is 1. The lowest BCUT2D eigenvalue weighted by Crippen LogP contribution is -2.42. The fraction of sp³-hybridized carbons (Fsp3) is 0.211. The largest absolute Gasteiger partial charge is 0.326 e. The molecule has 2 heteroatoms. The number of benzene rings is 2. The summed E-state index contributed by atoms with van der Waals surface area (Å²) >= 11 is 0. The summed E-state index contributed by atoms with van der Waals surface area (Å²) in [6.45, 7) is 4.41. The third-order valence-electron chi connectivity index (χ3n) is 4.23. The smallest absolute Gasteiger partial charge is 0.220 e. The molecule has 106 valence electrons. The van der Waals surface area contributed by atoms with Crippen LogP contribution in [-0.4, -0.2) is 17.4 Å². The molecule has 3 rings (SSSR count). The standard InChI is InChI=1S/C19H19NO/c1-15(21)20-14-17(16-9-5-3-6-10-16)13-19(20,2)18-11-7-4-8-12-18/h3-13H,14H2,1-2H3. The zero-order chi connectivity index (χ0) is 14.9. The Morgan fingerprint density at radius 1 is 1.00 bits per heavy atom. The van der Waals surface area contributed by atoms with Crippen LogP contribution in [0, 0.1) is 0 Å². The Hall–Kier alpha value is -2.35. The van der Waals surface area contributed by atoms with Crippen LogP contribution in [0.2, 0.25) is 0 Å². The van der Waals surface area contributed by atoms with Gasteiger partial charge in [0.1, 0.15) is 0 Å². The number of nitrogens with zero attached hydrogens (tertiary/aromatic N) is 1. The number of amides is 1. The van der Waals surface area contributed by atoms with Crippen molar-refractivity contribution in [1.29, 1.82) is 0 Å². The average molecular weight is 277 g/mol. The molecular weight excluding hydrogens is 258 g/mol. The van der Waals surface area contributed by atoms with Gasteiger partial charge in [-0.3, -0.25) is 4.79 Å². The molecule has 2 aromatic carbocycles. The van der Waals surface area contributed by atoms with Gasteiger partial charge in [-0.05, 0) is 29.7 Å². The summed E-state index contributed by atoms with van der Waals surface area (Å²) in [6, 6.07) is 20.5. The molecule has 0 saturated carbocycles. The van der Waals surface area contributed by atoms with Gasteiger partial charge in [-0.25, -0.2) is 0 Å². The Bertz CT molecular complexity index is 675. The van der Waals surface area contributed by atoms with Crippen molar-refractivity contribution in [2.45, 2.75) is 19.4 Å². The molecule has 1 aliphatic heterocycles. The Balaban J connectivity index is 2.08. The van der Waals surface area contributed by atoms with Crippen molar-refractivity contribution < 1.29 is 4.79 Å². The number of hydrogen-bond donors (Lipinski definition) is 0. The summed E-state index contributed by atoms with van der Waals surface area (Å²) in [5.74, 6) is 0.100. The summed E-state index contributed by atoms with van der Waals surface area (Å²) in [5.41, 5.74) is 3.16. The summed E-state index contributed by atoms with van der Waals surface area (Å²) in [4.78, 5) is 14.0.